The summed E-state index contributed by atoms with van der Waals surface area (Å²) in [6, 6.07) is 0. The molecule has 0 rings (SSSR count). The molecule has 2 unspecified atom stereocenters. The lowest BCUT2D eigenvalue weighted by Gasteiger charge is -2.14. The van der Waals surface area contributed by atoms with Crippen LogP contribution in [-0.2, 0) is 0 Å². The van der Waals surface area contributed by atoms with E-state index in [1.54, 1.807) is 0 Å². The van der Waals surface area contributed by atoms with Gasteiger partial charge < -0.3 is 0 Å². The van der Waals surface area contributed by atoms with Crippen LogP contribution >= 0.6 is 23.5 Å². The van der Waals surface area contributed by atoms with Crippen LogP contribution < -0.4 is 0 Å². The molecule has 0 nitrogen and oxygen atoms in total. The Labute approximate surface area is 86.3 Å². The Kier molecular flexibility index (Phi) is 8.79. The van der Waals surface area contributed by atoms with E-state index in [9.17, 15) is 0 Å². The van der Waals surface area contributed by atoms with Crippen LogP contribution in [0.15, 0.2) is 0 Å². The van der Waals surface area contributed by atoms with Gasteiger partial charge in [-0.2, -0.15) is 0 Å². The first-order valence-electron chi connectivity index (χ1n) is 4.80. The molecule has 0 spiro atoms. The van der Waals surface area contributed by atoms with Gasteiger partial charge in [0.15, 0.2) is 0 Å². The quantitative estimate of drug-likeness (QED) is 0.451. The molecule has 0 saturated heterocycles. The number of rotatable bonds is 7. The van der Waals surface area contributed by atoms with E-state index in [2.05, 4.69) is 27.7 Å². The normalized spacial score (nSPS) is 16.0. The van der Waals surface area contributed by atoms with E-state index in [0.29, 0.717) is 4.58 Å². The van der Waals surface area contributed by atoms with Crippen molar-refractivity contribution in [2.75, 3.05) is 5.75 Å². The van der Waals surface area contributed by atoms with Gasteiger partial charge in [-0.15, -0.1) is 23.5 Å². The summed E-state index contributed by atoms with van der Waals surface area (Å²) in [6.45, 7) is 10.9. The molecule has 0 aromatic heterocycles. The minimum Gasteiger partial charge on any atom is -0.148 e. The Morgan fingerprint density at radius 2 is 2.00 bits per heavy atom. The average molecular weight is 205 g/mol. The van der Waals surface area contributed by atoms with Gasteiger partial charge in [0, 0.05) is 5.25 Å². The third-order valence-electron chi connectivity index (χ3n) is 1.76. The Morgan fingerprint density at radius 3 is 2.50 bits per heavy atom. The summed E-state index contributed by atoms with van der Waals surface area (Å²) in [5.41, 5.74) is 0. The van der Waals surface area contributed by atoms with Gasteiger partial charge in [0.2, 0.25) is 0 Å². The Balaban J connectivity index is 3.26. The van der Waals surface area contributed by atoms with Crippen LogP contribution in [0.1, 0.15) is 40.0 Å². The first-order chi connectivity index (χ1) is 5.70. The van der Waals surface area contributed by atoms with Crippen LogP contribution in [0.25, 0.3) is 0 Å². The molecule has 12 heavy (non-hydrogen) atoms. The second-order valence-electron chi connectivity index (χ2n) is 3.01. The van der Waals surface area contributed by atoms with Crippen molar-refractivity contribution in [3.8, 4) is 0 Å². The Hall–Kier alpha value is 0.700. The summed E-state index contributed by atoms with van der Waals surface area (Å²) < 4.78 is 0.534. The fourth-order valence-electron chi connectivity index (χ4n) is 0.754. The highest BCUT2D eigenvalue weighted by Crippen LogP contribution is 2.28. The summed E-state index contributed by atoms with van der Waals surface area (Å²) in [6.07, 6.45) is 3.89. The molecule has 0 amide bonds. The van der Waals surface area contributed by atoms with Crippen molar-refractivity contribution < 1.29 is 0 Å². The lowest BCUT2D eigenvalue weighted by atomic mass is 10.4. The molecule has 0 N–H and O–H groups in total. The molecule has 0 aliphatic heterocycles. The monoisotopic (exact) mass is 205 g/mol. The molecule has 0 heterocycles. The molecule has 2 heteroatoms. The zero-order valence-electron chi connectivity index (χ0n) is 8.51. The van der Waals surface area contributed by atoms with Gasteiger partial charge in [-0.25, -0.2) is 0 Å². The zero-order chi connectivity index (χ0) is 9.40. The van der Waals surface area contributed by atoms with Crippen LogP contribution in [0.2, 0.25) is 0 Å². The van der Waals surface area contributed by atoms with E-state index in [0.717, 1.165) is 5.25 Å². The molecule has 2 atom stereocenters. The van der Waals surface area contributed by atoms with Crippen molar-refractivity contribution in [2.24, 2.45) is 0 Å². The maximum absolute atomic E-state index is 4.12. The Bertz CT molecular complexity index is 93.8. The van der Waals surface area contributed by atoms with Gasteiger partial charge in [-0.05, 0) is 25.5 Å². The third-order valence-corrected chi connectivity index (χ3v) is 4.50. The van der Waals surface area contributed by atoms with Crippen molar-refractivity contribution in [3.05, 3.63) is 6.92 Å². The highest BCUT2D eigenvalue weighted by molar-refractivity contribution is 8.17. The molecular weight excluding hydrogens is 184 g/mol. The standard InChI is InChI=1S/C10H21S2/c1-5-7-8-11-10(4)12-9(3)6-2/h9-10H,4-8H2,1-3H3. The van der Waals surface area contributed by atoms with Crippen molar-refractivity contribution in [1.29, 1.82) is 0 Å². The molecular formula is C10H21S2. The van der Waals surface area contributed by atoms with Gasteiger partial charge in [-0.1, -0.05) is 27.2 Å². The predicted molar refractivity (Wildman–Crippen MR) is 63.9 cm³/mol. The maximum atomic E-state index is 4.12. The molecule has 0 saturated carbocycles. The molecule has 0 aliphatic carbocycles. The lowest BCUT2D eigenvalue weighted by Crippen LogP contribution is -2.01. The van der Waals surface area contributed by atoms with E-state index >= 15 is 0 Å². The smallest absolute Gasteiger partial charge is 0.0505 e. The summed E-state index contributed by atoms with van der Waals surface area (Å²) in [7, 11) is 0. The minimum absolute atomic E-state index is 0.534. The van der Waals surface area contributed by atoms with Crippen molar-refractivity contribution >= 4 is 23.5 Å². The summed E-state index contributed by atoms with van der Waals surface area (Å²) in [5.74, 6) is 1.27. The van der Waals surface area contributed by atoms with Gasteiger partial charge in [0.1, 0.15) is 0 Å². The minimum atomic E-state index is 0.534. The molecule has 0 aromatic carbocycles. The van der Waals surface area contributed by atoms with Crippen molar-refractivity contribution in [1.82, 2.24) is 0 Å². The van der Waals surface area contributed by atoms with Crippen LogP contribution in [0.5, 0.6) is 0 Å². The second kappa shape index (κ2) is 8.31. The summed E-state index contributed by atoms with van der Waals surface area (Å²) >= 11 is 4.00. The fraction of sp³-hybridized carbons (Fsp3) is 0.900. The number of hydrogen-bond acceptors (Lipinski definition) is 2. The van der Waals surface area contributed by atoms with E-state index in [-0.39, 0.29) is 0 Å². The van der Waals surface area contributed by atoms with Crippen LogP contribution in [-0.4, -0.2) is 15.6 Å². The molecule has 73 valence electrons. The lowest BCUT2D eigenvalue weighted by molar-refractivity contribution is 0.895. The first-order valence-corrected chi connectivity index (χ1v) is 6.80. The zero-order valence-corrected chi connectivity index (χ0v) is 10.1. The number of unbranched alkanes of at least 4 members (excludes halogenated alkanes) is 1. The third kappa shape index (κ3) is 7.35. The molecule has 0 bridgehead atoms. The van der Waals surface area contributed by atoms with Crippen molar-refractivity contribution in [2.45, 2.75) is 49.9 Å². The average Bonchev–Trinajstić information content (AvgIpc) is 2.05. The molecule has 1 radical (unpaired) electrons. The van der Waals surface area contributed by atoms with Gasteiger partial charge >= 0.3 is 0 Å². The van der Waals surface area contributed by atoms with E-state index < -0.39 is 0 Å². The van der Waals surface area contributed by atoms with Gasteiger partial charge in [-0.3, -0.25) is 0 Å². The summed E-state index contributed by atoms with van der Waals surface area (Å²) in [4.78, 5) is 0. The Morgan fingerprint density at radius 1 is 1.33 bits per heavy atom. The fourth-order valence-corrected chi connectivity index (χ4v) is 3.35. The highest BCUT2D eigenvalue weighted by atomic mass is 32.2. The van der Waals surface area contributed by atoms with Crippen LogP contribution in [0, 0.1) is 6.92 Å². The van der Waals surface area contributed by atoms with E-state index in [1.807, 2.05) is 23.5 Å². The van der Waals surface area contributed by atoms with Crippen LogP contribution in [0.4, 0.5) is 0 Å². The maximum Gasteiger partial charge on any atom is 0.0505 e. The highest BCUT2D eigenvalue weighted by Gasteiger charge is 2.06. The van der Waals surface area contributed by atoms with Crippen LogP contribution in [0.3, 0.4) is 0 Å². The van der Waals surface area contributed by atoms with Crippen molar-refractivity contribution in [3.63, 3.8) is 0 Å². The topological polar surface area (TPSA) is 0 Å². The molecule has 0 aliphatic rings. The van der Waals surface area contributed by atoms with Gasteiger partial charge in [0.25, 0.3) is 0 Å². The number of thioether (sulfide) groups is 2. The molecule has 0 fully saturated rings. The van der Waals surface area contributed by atoms with E-state index in [1.165, 1.54) is 25.0 Å². The van der Waals surface area contributed by atoms with E-state index in [4.69, 9.17) is 0 Å². The molecule has 0 aromatic rings. The largest absolute Gasteiger partial charge is 0.148 e. The summed E-state index contributed by atoms with van der Waals surface area (Å²) in [5, 5.41) is 0.765. The number of hydrogen-bond donors (Lipinski definition) is 0. The first kappa shape index (κ1) is 12.7. The second-order valence-corrected chi connectivity index (χ2v) is 6.26. The SMILES string of the molecule is [CH2]C(SCCCC)SC(C)CC. The predicted octanol–water partition coefficient (Wildman–Crippen LogP) is 4.21. The van der Waals surface area contributed by atoms with Gasteiger partial charge in [0.05, 0.1) is 4.58 Å².